The molecule has 0 N–H and O–H groups in total. The number of ketones is 2. The van der Waals surface area contributed by atoms with Crippen molar-refractivity contribution in [3.05, 3.63) is 71.7 Å². The van der Waals surface area contributed by atoms with E-state index >= 15 is 0 Å². The van der Waals surface area contributed by atoms with Crippen LogP contribution in [0, 0.1) is 22.5 Å². The number of likely N-dealkylation sites (tertiary alicyclic amines) is 1. The summed E-state index contributed by atoms with van der Waals surface area (Å²) in [4.78, 5) is 34.0. The highest BCUT2D eigenvalue weighted by atomic mass is 19.1. The Labute approximate surface area is 240 Å². The minimum Gasteiger partial charge on any atom is -0.355 e. The lowest BCUT2D eigenvalue weighted by Crippen LogP contribution is -2.64. The number of benzene rings is 1. The van der Waals surface area contributed by atoms with E-state index in [1.54, 1.807) is 6.20 Å². The molecule has 1 saturated heterocycles. The quantitative estimate of drug-likeness (QED) is 0.243. The van der Waals surface area contributed by atoms with Gasteiger partial charge in [0, 0.05) is 73.2 Å². The molecule has 0 unspecified atom stereocenters. The molecule has 0 bridgehead atoms. The SMILES string of the molecule is CC(C)(CC(=O)CC1(CC(=O)c2cc(-c3ccc(F)cc3F)on2)CN([C@@H]2CCCCC2(C)C)C1)c1ccccn1. The number of nitrogens with zero attached hydrogens (tertiary/aromatic N) is 3. The fraction of sp³-hybridized carbons (Fsp3) is 0.515. The molecule has 3 heterocycles. The largest absolute Gasteiger partial charge is 0.355 e. The van der Waals surface area contributed by atoms with E-state index in [1.807, 2.05) is 32.0 Å². The number of hydrogen-bond acceptors (Lipinski definition) is 6. The zero-order valence-electron chi connectivity index (χ0n) is 24.4. The fourth-order valence-electron chi connectivity index (χ4n) is 6.96. The van der Waals surface area contributed by atoms with Gasteiger partial charge in [-0.15, -0.1) is 0 Å². The molecule has 5 rings (SSSR count). The van der Waals surface area contributed by atoms with Crippen LogP contribution in [0.5, 0.6) is 0 Å². The molecule has 1 aliphatic carbocycles. The molecule has 2 aromatic heterocycles. The van der Waals surface area contributed by atoms with E-state index in [1.165, 1.54) is 31.4 Å². The van der Waals surface area contributed by atoms with Crippen LogP contribution in [0.4, 0.5) is 8.78 Å². The predicted molar refractivity (Wildman–Crippen MR) is 152 cm³/mol. The maximum absolute atomic E-state index is 14.3. The Balaban J connectivity index is 1.34. The lowest BCUT2D eigenvalue weighted by Gasteiger charge is -2.57. The van der Waals surface area contributed by atoms with E-state index in [0.29, 0.717) is 25.6 Å². The first-order valence-corrected chi connectivity index (χ1v) is 14.5. The molecule has 3 aromatic rings. The Morgan fingerprint density at radius 3 is 2.54 bits per heavy atom. The Hall–Kier alpha value is -3.26. The molecule has 41 heavy (non-hydrogen) atoms. The summed E-state index contributed by atoms with van der Waals surface area (Å²) in [6.45, 7) is 10.0. The van der Waals surface area contributed by atoms with Gasteiger partial charge in [0.1, 0.15) is 23.1 Å². The molecule has 1 aliphatic heterocycles. The number of rotatable bonds is 10. The van der Waals surface area contributed by atoms with Crippen LogP contribution in [0.25, 0.3) is 11.3 Å². The second-order valence-electron chi connectivity index (χ2n) is 13.4. The molecule has 0 radical (unpaired) electrons. The number of carbonyl (C=O) groups excluding carboxylic acids is 2. The summed E-state index contributed by atoms with van der Waals surface area (Å²) in [5, 5.41) is 3.92. The highest BCUT2D eigenvalue weighted by Crippen LogP contribution is 2.47. The van der Waals surface area contributed by atoms with Crippen molar-refractivity contribution in [2.75, 3.05) is 13.1 Å². The van der Waals surface area contributed by atoms with Crippen molar-refractivity contribution in [3.8, 4) is 11.3 Å². The smallest absolute Gasteiger partial charge is 0.185 e. The molecule has 218 valence electrons. The van der Waals surface area contributed by atoms with Crippen LogP contribution in [0.15, 0.2) is 53.2 Å². The molecule has 6 nitrogen and oxygen atoms in total. The van der Waals surface area contributed by atoms with Crippen molar-refractivity contribution in [2.24, 2.45) is 10.8 Å². The number of hydrogen-bond donors (Lipinski definition) is 0. The van der Waals surface area contributed by atoms with Crippen molar-refractivity contribution < 1.29 is 22.9 Å². The van der Waals surface area contributed by atoms with Crippen LogP contribution < -0.4 is 0 Å². The third-order valence-electron chi connectivity index (χ3n) is 9.07. The van der Waals surface area contributed by atoms with Crippen LogP contribution in [0.3, 0.4) is 0 Å². The third kappa shape index (κ3) is 6.32. The zero-order valence-corrected chi connectivity index (χ0v) is 24.4. The van der Waals surface area contributed by atoms with Gasteiger partial charge in [0.15, 0.2) is 11.5 Å². The maximum atomic E-state index is 14.3. The summed E-state index contributed by atoms with van der Waals surface area (Å²) >= 11 is 0. The van der Waals surface area contributed by atoms with Gasteiger partial charge in [-0.2, -0.15) is 0 Å². The van der Waals surface area contributed by atoms with Gasteiger partial charge in [0.25, 0.3) is 0 Å². The summed E-state index contributed by atoms with van der Waals surface area (Å²) in [6.07, 6.45) is 7.20. The van der Waals surface area contributed by atoms with Gasteiger partial charge in [-0.25, -0.2) is 8.78 Å². The molecule has 2 aliphatic rings. The Morgan fingerprint density at radius 2 is 1.85 bits per heavy atom. The Morgan fingerprint density at radius 1 is 1.07 bits per heavy atom. The van der Waals surface area contributed by atoms with Crippen molar-refractivity contribution in [1.29, 1.82) is 0 Å². The minimum atomic E-state index is -0.789. The number of aromatic nitrogens is 2. The molecule has 1 aromatic carbocycles. The highest BCUT2D eigenvalue weighted by molar-refractivity contribution is 5.96. The first kappa shape index (κ1) is 29.2. The second kappa shape index (κ2) is 11.2. The molecular weight excluding hydrogens is 524 g/mol. The monoisotopic (exact) mass is 563 g/mol. The Bertz CT molecular complexity index is 1410. The first-order valence-electron chi connectivity index (χ1n) is 14.5. The zero-order chi connectivity index (χ0) is 29.4. The maximum Gasteiger partial charge on any atom is 0.185 e. The van der Waals surface area contributed by atoms with Gasteiger partial charge >= 0.3 is 0 Å². The van der Waals surface area contributed by atoms with Crippen LogP contribution in [0.2, 0.25) is 0 Å². The van der Waals surface area contributed by atoms with Crippen molar-refractivity contribution in [3.63, 3.8) is 0 Å². The van der Waals surface area contributed by atoms with Gasteiger partial charge in [0.2, 0.25) is 0 Å². The molecule has 0 amide bonds. The van der Waals surface area contributed by atoms with Crippen molar-refractivity contribution in [1.82, 2.24) is 15.0 Å². The number of carbonyl (C=O) groups is 2. The number of halogens is 2. The van der Waals surface area contributed by atoms with E-state index in [-0.39, 0.29) is 46.8 Å². The summed E-state index contributed by atoms with van der Waals surface area (Å²) in [6, 6.07) is 10.7. The number of pyridine rings is 1. The summed E-state index contributed by atoms with van der Waals surface area (Å²) in [5.74, 6) is -1.57. The summed E-state index contributed by atoms with van der Waals surface area (Å²) < 4.78 is 33.0. The Kier molecular flexibility index (Phi) is 7.99. The van der Waals surface area contributed by atoms with Gasteiger partial charge in [0.05, 0.1) is 5.56 Å². The van der Waals surface area contributed by atoms with E-state index in [9.17, 15) is 18.4 Å². The van der Waals surface area contributed by atoms with Gasteiger partial charge < -0.3 is 4.52 Å². The predicted octanol–water partition coefficient (Wildman–Crippen LogP) is 7.19. The van der Waals surface area contributed by atoms with Crippen molar-refractivity contribution >= 4 is 11.6 Å². The van der Waals surface area contributed by atoms with E-state index < -0.39 is 22.5 Å². The van der Waals surface area contributed by atoms with Gasteiger partial charge in [-0.05, 0) is 42.5 Å². The highest BCUT2D eigenvalue weighted by Gasteiger charge is 2.51. The molecule has 2 fully saturated rings. The summed E-state index contributed by atoms with van der Waals surface area (Å²) in [7, 11) is 0. The van der Waals surface area contributed by atoms with Crippen LogP contribution >= 0.6 is 0 Å². The van der Waals surface area contributed by atoms with Gasteiger partial charge in [-0.1, -0.05) is 51.8 Å². The average molecular weight is 564 g/mol. The first-order chi connectivity index (χ1) is 19.4. The third-order valence-corrected chi connectivity index (χ3v) is 9.07. The normalized spacial score (nSPS) is 20.4. The topological polar surface area (TPSA) is 76.3 Å². The van der Waals surface area contributed by atoms with Crippen LogP contribution in [0.1, 0.15) is 88.8 Å². The van der Waals surface area contributed by atoms with E-state index in [0.717, 1.165) is 24.2 Å². The fourth-order valence-corrected chi connectivity index (χ4v) is 6.96. The molecule has 1 atom stereocenters. The van der Waals surface area contributed by atoms with Crippen molar-refractivity contribution in [2.45, 2.75) is 84.1 Å². The average Bonchev–Trinajstić information content (AvgIpc) is 3.37. The molecule has 8 heteroatoms. The molecule has 0 spiro atoms. The second-order valence-corrected chi connectivity index (χ2v) is 13.4. The van der Waals surface area contributed by atoms with E-state index in [2.05, 4.69) is 28.9 Å². The van der Waals surface area contributed by atoms with Crippen LogP contribution in [-0.2, 0) is 10.2 Å². The van der Waals surface area contributed by atoms with Gasteiger partial charge in [-0.3, -0.25) is 19.5 Å². The summed E-state index contributed by atoms with van der Waals surface area (Å²) in [5.41, 5.74) is 0.218. The van der Waals surface area contributed by atoms with Crippen LogP contribution in [-0.4, -0.2) is 45.7 Å². The minimum absolute atomic E-state index is 0.0361. The lowest BCUT2D eigenvalue weighted by atomic mass is 9.65. The molecule has 1 saturated carbocycles. The lowest BCUT2D eigenvalue weighted by molar-refractivity contribution is -0.130. The number of Topliss-reactive ketones (excluding diaryl/α,β-unsaturated/α-hetero) is 2. The van der Waals surface area contributed by atoms with E-state index in [4.69, 9.17) is 4.52 Å². The standard InChI is InChI=1S/C33H39F2N3O3/c1-31(2)13-7-5-10-30(31)38-20-33(21-38,18-23(39)17-32(3,4)29-9-6-8-14-36-29)19-27(40)26-16-28(41-37-26)24-12-11-22(34)15-25(24)35/h6,8-9,11-12,14-16,30H,5,7,10,13,17-21H2,1-4H3/t30-/m1/s1. The molecular formula is C33H39F2N3O3.